The van der Waals surface area contributed by atoms with Gasteiger partial charge in [0.25, 0.3) is 0 Å². The molecule has 0 saturated heterocycles. The van der Waals surface area contributed by atoms with Crippen LogP contribution in [0, 0.1) is 11.3 Å². The first kappa shape index (κ1) is 13.7. The van der Waals surface area contributed by atoms with Crippen LogP contribution in [0.3, 0.4) is 0 Å². The predicted molar refractivity (Wildman–Crippen MR) is 70.4 cm³/mol. The molecule has 0 saturated carbocycles. The maximum atomic E-state index is 13.3. The highest BCUT2D eigenvalue weighted by Crippen LogP contribution is 2.40. The summed E-state index contributed by atoms with van der Waals surface area (Å²) in [5, 5.41) is 13.1. The molecule has 0 spiro atoms. The summed E-state index contributed by atoms with van der Waals surface area (Å²) in [4.78, 5) is 0. The highest BCUT2D eigenvalue weighted by atomic mass is 19.4. The highest BCUT2D eigenvalue weighted by molar-refractivity contribution is 5.70. The summed E-state index contributed by atoms with van der Waals surface area (Å²) in [7, 11) is 1.75. The van der Waals surface area contributed by atoms with E-state index in [2.05, 4.69) is 5.10 Å². The van der Waals surface area contributed by atoms with Crippen LogP contribution in [0.15, 0.2) is 18.2 Å². The van der Waals surface area contributed by atoms with Gasteiger partial charge in [-0.1, -0.05) is 6.07 Å². The zero-order valence-electron chi connectivity index (χ0n) is 11.3. The van der Waals surface area contributed by atoms with Gasteiger partial charge in [0.1, 0.15) is 0 Å². The molecule has 0 bridgehead atoms. The van der Waals surface area contributed by atoms with E-state index in [1.807, 2.05) is 0 Å². The average Bonchev–Trinajstić information content (AvgIpc) is 3.02. The van der Waals surface area contributed by atoms with Crippen LogP contribution in [0.2, 0.25) is 0 Å². The number of nitriles is 1. The summed E-state index contributed by atoms with van der Waals surface area (Å²) >= 11 is 0. The molecule has 0 amide bonds. The molecule has 0 aliphatic heterocycles. The van der Waals surface area contributed by atoms with Crippen molar-refractivity contribution in [2.75, 3.05) is 0 Å². The quantitative estimate of drug-likeness (QED) is 0.807. The van der Waals surface area contributed by atoms with E-state index >= 15 is 0 Å². The Hall–Kier alpha value is -2.29. The monoisotopic (exact) mass is 291 g/mol. The minimum Gasteiger partial charge on any atom is -0.272 e. The van der Waals surface area contributed by atoms with E-state index in [0.29, 0.717) is 5.69 Å². The molecule has 2 aromatic rings. The first-order valence-electron chi connectivity index (χ1n) is 6.58. The molecule has 6 heteroatoms. The van der Waals surface area contributed by atoms with Crippen LogP contribution < -0.4 is 0 Å². The van der Waals surface area contributed by atoms with Crippen molar-refractivity contribution < 1.29 is 13.2 Å². The predicted octanol–water partition coefficient (Wildman–Crippen LogP) is 3.47. The van der Waals surface area contributed by atoms with Gasteiger partial charge in [0, 0.05) is 23.9 Å². The van der Waals surface area contributed by atoms with Gasteiger partial charge in [0.05, 0.1) is 22.9 Å². The topological polar surface area (TPSA) is 41.6 Å². The molecule has 3 nitrogen and oxygen atoms in total. The Labute approximate surface area is 119 Å². The number of hydrogen-bond acceptors (Lipinski definition) is 2. The van der Waals surface area contributed by atoms with Gasteiger partial charge in [-0.15, -0.1) is 0 Å². The van der Waals surface area contributed by atoms with E-state index in [4.69, 9.17) is 5.26 Å². The Kier molecular flexibility index (Phi) is 3.01. The number of fused-ring (bicyclic) bond motifs is 1. The number of alkyl halides is 3. The molecule has 1 aliphatic rings. The van der Waals surface area contributed by atoms with Gasteiger partial charge in [0.2, 0.25) is 0 Å². The van der Waals surface area contributed by atoms with Gasteiger partial charge in [-0.05, 0) is 31.4 Å². The summed E-state index contributed by atoms with van der Waals surface area (Å²) in [6.45, 7) is 0. The summed E-state index contributed by atoms with van der Waals surface area (Å²) in [5.74, 6) is 0. The van der Waals surface area contributed by atoms with Crippen LogP contribution >= 0.6 is 0 Å². The molecular weight excluding hydrogens is 279 g/mol. The van der Waals surface area contributed by atoms with Gasteiger partial charge in [-0.3, -0.25) is 4.68 Å². The molecule has 0 radical (unpaired) electrons. The normalized spacial score (nSPS) is 14.0. The van der Waals surface area contributed by atoms with Crippen molar-refractivity contribution in [2.24, 2.45) is 7.05 Å². The molecule has 0 unspecified atom stereocenters. The van der Waals surface area contributed by atoms with Gasteiger partial charge >= 0.3 is 6.18 Å². The Bertz CT molecular complexity index is 751. The number of aryl methyl sites for hydroxylation is 1. The second-order valence-electron chi connectivity index (χ2n) is 5.12. The summed E-state index contributed by atoms with van der Waals surface area (Å²) in [6.07, 6.45) is -1.98. The molecule has 3 rings (SSSR count). The maximum Gasteiger partial charge on any atom is 0.417 e. The Morgan fingerprint density at radius 1 is 1.29 bits per heavy atom. The number of nitrogens with zero attached hydrogens (tertiary/aromatic N) is 3. The molecule has 1 aromatic heterocycles. The van der Waals surface area contributed by atoms with Crippen LogP contribution in [0.5, 0.6) is 0 Å². The van der Waals surface area contributed by atoms with Crippen molar-refractivity contribution in [2.45, 2.75) is 25.4 Å². The fourth-order valence-corrected chi connectivity index (χ4v) is 2.88. The van der Waals surface area contributed by atoms with Gasteiger partial charge in [-0.2, -0.15) is 23.5 Å². The van der Waals surface area contributed by atoms with Gasteiger partial charge in [-0.25, -0.2) is 0 Å². The van der Waals surface area contributed by atoms with E-state index in [1.165, 1.54) is 12.1 Å². The lowest BCUT2D eigenvalue weighted by molar-refractivity contribution is -0.137. The molecule has 1 heterocycles. The van der Waals surface area contributed by atoms with Crippen molar-refractivity contribution in [3.05, 3.63) is 40.6 Å². The van der Waals surface area contributed by atoms with Crippen LogP contribution in [0.4, 0.5) is 13.2 Å². The molecule has 21 heavy (non-hydrogen) atoms. The van der Waals surface area contributed by atoms with Crippen LogP contribution in [0.25, 0.3) is 11.3 Å². The molecule has 0 N–H and O–H groups in total. The van der Waals surface area contributed by atoms with Gasteiger partial charge < -0.3 is 0 Å². The van der Waals surface area contributed by atoms with Crippen LogP contribution in [0.1, 0.15) is 28.8 Å². The number of hydrogen-bond donors (Lipinski definition) is 0. The number of rotatable bonds is 1. The Morgan fingerprint density at radius 2 is 2.05 bits per heavy atom. The minimum atomic E-state index is -4.51. The lowest BCUT2D eigenvalue weighted by Gasteiger charge is -2.12. The van der Waals surface area contributed by atoms with E-state index in [-0.39, 0.29) is 11.1 Å². The summed E-state index contributed by atoms with van der Waals surface area (Å²) in [6, 6.07) is 5.40. The zero-order valence-corrected chi connectivity index (χ0v) is 11.3. The third kappa shape index (κ3) is 2.19. The Morgan fingerprint density at radius 3 is 2.71 bits per heavy atom. The lowest BCUT2D eigenvalue weighted by atomic mass is 9.98. The third-order valence-electron chi connectivity index (χ3n) is 3.82. The molecule has 108 valence electrons. The van der Waals surface area contributed by atoms with Crippen molar-refractivity contribution in [3.8, 4) is 17.3 Å². The molecule has 0 fully saturated rings. The first-order chi connectivity index (χ1) is 9.91. The standard InChI is InChI=1S/C15H12F3N3/c1-21-13-4-2-3-11(13)14(20-21)10-6-5-9(8-19)7-12(10)15(16,17)18/h5-7H,2-4H2,1H3. The zero-order chi connectivity index (χ0) is 15.2. The molecular formula is C15H12F3N3. The second-order valence-corrected chi connectivity index (χ2v) is 5.12. The Balaban J connectivity index is 2.24. The summed E-state index contributed by atoms with van der Waals surface area (Å²) < 4.78 is 41.5. The van der Waals surface area contributed by atoms with Crippen LogP contribution in [-0.4, -0.2) is 9.78 Å². The van der Waals surface area contributed by atoms with E-state index in [1.54, 1.807) is 17.8 Å². The fraction of sp³-hybridized carbons (Fsp3) is 0.333. The lowest BCUT2D eigenvalue weighted by Crippen LogP contribution is -2.08. The number of aromatic nitrogens is 2. The van der Waals surface area contributed by atoms with E-state index < -0.39 is 11.7 Å². The number of halogens is 3. The largest absolute Gasteiger partial charge is 0.417 e. The SMILES string of the molecule is Cn1nc(-c2ccc(C#N)cc2C(F)(F)F)c2c1CCC2. The molecule has 1 aromatic carbocycles. The minimum absolute atomic E-state index is 0.00125. The van der Waals surface area contributed by atoms with E-state index in [0.717, 1.165) is 36.6 Å². The third-order valence-corrected chi connectivity index (χ3v) is 3.82. The first-order valence-corrected chi connectivity index (χ1v) is 6.58. The summed E-state index contributed by atoms with van der Waals surface area (Å²) in [5.41, 5.74) is 1.55. The van der Waals surface area contributed by atoms with Crippen molar-refractivity contribution in [1.82, 2.24) is 9.78 Å². The van der Waals surface area contributed by atoms with Crippen molar-refractivity contribution >= 4 is 0 Å². The smallest absolute Gasteiger partial charge is 0.272 e. The molecule has 0 atom stereocenters. The average molecular weight is 291 g/mol. The highest BCUT2D eigenvalue weighted by Gasteiger charge is 2.36. The van der Waals surface area contributed by atoms with E-state index in [9.17, 15) is 13.2 Å². The molecule has 1 aliphatic carbocycles. The van der Waals surface area contributed by atoms with Gasteiger partial charge in [0.15, 0.2) is 0 Å². The fourth-order valence-electron chi connectivity index (χ4n) is 2.88. The second kappa shape index (κ2) is 4.62. The van der Waals surface area contributed by atoms with Crippen LogP contribution in [-0.2, 0) is 26.1 Å². The maximum absolute atomic E-state index is 13.3. The number of benzene rings is 1. The van der Waals surface area contributed by atoms with Crippen molar-refractivity contribution in [3.63, 3.8) is 0 Å². The van der Waals surface area contributed by atoms with Crippen molar-refractivity contribution in [1.29, 1.82) is 5.26 Å².